The number of hydrogen-bond acceptors (Lipinski definition) is 10. The van der Waals surface area contributed by atoms with Crippen LogP contribution >= 0.6 is 0 Å². The number of aliphatic hydroxyl groups is 1. The van der Waals surface area contributed by atoms with Crippen LogP contribution in [0.1, 0.15) is 209 Å². The number of rotatable bonds is 37. The highest BCUT2D eigenvalue weighted by molar-refractivity contribution is 5.75. The molecule has 0 bridgehead atoms. The minimum absolute atomic E-state index is 0.333. The van der Waals surface area contributed by atoms with Crippen LogP contribution in [0.25, 0.3) is 0 Å². The Morgan fingerprint density at radius 1 is 0.533 bits per heavy atom. The van der Waals surface area contributed by atoms with Crippen molar-refractivity contribution in [3.8, 4) is 0 Å². The summed E-state index contributed by atoms with van der Waals surface area (Å²) in [6, 6.07) is 0. The Morgan fingerprint density at radius 3 is 1.05 bits per heavy atom. The Bertz CT molecular complexity index is 722. The van der Waals surface area contributed by atoms with Crippen molar-refractivity contribution >= 4 is 24.8 Å². The molecule has 364 valence electrons. The fraction of sp³-hybridized carbons (Fsp3) is 0.837. The predicted octanol–water partition coefficient (Wildman–Crippen LogP) is 13.0. The average molecular weight is 866 g/mol. The Balaban J connectivity index is -0.000000117. The highest BCUT2D eigenvalue weighted by Crippen LogP contribution is 2.15. The van der Waals surface area contributed by atoms with Crippen LogP contribution in [0, 0.1) is 0 Å². The molecule has 0 amide bonds. The normalized spacial score (nSPS) is 9.17. The lowest BCUT2D eigenvalue weighted by molar-refractivity contribution is -0.137. The summed E-state index contributed by atoms with van der Waals surface area (Å²) in [7, 11) is 1.50. The van der Waals surface area contributed by atoms with E-state index in [1.807, 2.05) is 48.3 Å². The van der Waals surface area contributed by atoms with Gasteiger partial charge in [0.2, 0.25) is 0 Å². The van der Waals surface area contributed by atoms with Gasteiger partial charge in [0.15, 0.2) is 0 Å². The molecule has 0 radical (unpaired) electrons. The molecular weight excluding hydrogens is 763 g/mol. The van der Waals surface area contributed by atoms with Gasteiger partial charge in [0.05, 0.1) is 39.3 Å². The number of ether oxygens (including phenoxy) is 4. The van der Waals surface area contributed by atoms with E-state index in [-0.39, 0.29) is 0 Å². The number of unbranched alkanes of at least 4 members (excludes halogenated alkanes) is 18. The molecule has 0 aliphatic rings. The molecule has 0 atom stereocenters. The summed E-state index contributed by atoms with van der Waals surface area (Å²) in [6.45, 7) is 29.7. The van der Waals surface area contributed by atoms with Gasteiger partial charge in [0.25, 0.3) is 0 Å². The van der Waals surface area contributed by atoms with Crippen molar-refractivity contribution in [1.82, 2.24) is 0 Å². The summed E-state index contributed by atoms with van der Waals surface area (Å²) in [4.78, 5) is 38.4. The number of Topliss-reactive ketones (excluding diaryl/α,β-unsaturated/α-hetero) is 1. The highest BCUT2D eigenvalue weighted by atomic mass is 16.5. The summed E-state index contributed by atoms with van der Waals surface area (Å²) in [5.74, 6) is -0.326. The van der Waals surface area contributed by atoms with E-state index in [1.165, 1.54) is 110 Å². The quantitative estimate of drug-likeness (QED) is 0.0235. The molecule has 0 unspecified atom stereocenters. The molecule has 0 saturated heterocycles. The van der Waals surface area contributed by atoms with Gasteiger partial charge in [-0.3, -0.25) is 4.79 Å². The average Bonchev–Trinajstić information content (AvgIpc) is 3.26. The first-order valence-corrected chi connectivity index (χ1v) is 23.4. The molecule has 0 aliphatic heterocycles. The van der Waals surface area contributed by atoms with Gasteiger partial charge in [-0.25, -0.2) is 0 Å². The van der Waals surface area contributed by atoms with E-state index in [4.69, 9.17) is 34.0 Å². The van der Waals surface area contributed by atoms with Crippen molar-refractivity contribution in [3.63, 3.8) is 0 Å². The molecule has 0 rings (SSSR count). The van der Waals surface area contributed by atoms with E-state index < -0.39 is 5.97 Å². The predicted molar refractivity (Wildman–Crippen MR) is 257 cm³/mol. The van der Waals surface area contributed by atoms with Crippen molar-refractivity contribution in [2.24, 2.45) is 5.73 Å². The number of ketones is 1. The summed E-state index contributed by atoms with van der Waals surface area (Å²) in [6.07, 6.45) is 29.9. The molecule has 0 aliphatic carbocycles. The number of aliphatic carboxylic acids is 1. The minimum atomic E-state index is -0.660. The Hall–Kier alpha value is -2.44. The molecule has 0 aromatic carbocycles. The van der Waals surface area contributed by atoms with Gasteiger partial charge in [-0.05, 0) is 46.6 Å². The highest BCUT2D eigenvalue weighted by Gasteiger charge is 1.98. The minimum Gasteiger partial charge on any atom is -0.516 e. The van der Waals surface area contributed by atoms with Crippen LogP contribution in [0.5, 0.6) is 0 Å². The van der Waals surface area contributed by atoms with E-state index in [0.717, 1.165) is 69.9 Å². The van der Waals surface area contributed by atoms with Gasteiger partial charge in [-0.15, -0.1) is 0 Å². The van der Waals surface area contributed by atoms with Gasteiger partial charge in [0, 0.05) is 39.1 Å². The molecule has 0 spiro atoms. The summed E-state index contributed by atoms with van der Waals surface area (Å²) < 4.78 is 21.4. The Labute approximate surface area is 372 Å². The zero-order valence-electron chi connectivity index (χ0n) is 41.1. The second-order valence-corrected chi connectivity index (χ2v) is 13.3. The van der Waals surface area contributed by atoms with Crippen LogP contribution in [0.3, 0.4) is 0 Å². The molecule has 4 N–H and O–H groups in total. The first-order valence-electron chi connectivity index (χ1n) is 23.4. The van der Waals surface area contributed by atoms with Gasteiger partial charge in [0.1, 0.15) is 18.9 Å². The number of hydrogen-bond donors (Lipinski definition) is 3. The lowest BCUT2D eigenvalue weighted by Gasteiger charge is -2.06. The second-order valence-electron chi connectivity index (χ2n) is 13.3. The van der Waals surface area contributed by atoms with Crippen molar-refractivity contribution in [2.75, 3.05) is 59.9 Å². The molecule has 0 fully saturated rings. The molecule has 0 aromatic rings. The van der Waals surface area contributed by atoms with Crippen LogP contribution in [-0.4, -0.2) is 94.9 Å². The number of aldehydes is 1. The number of nitrogens with two attached hydrogens (primary N) is 1. The van der Waals surface area contributed by atoms with E-state index >= 15 is 0 Å². The molecule has 0 saturated carbocycles. The number of carboxylic acid groups (broad SMARTS) is 1. The van der Waals surface area contributed by atoms with E-state index in [0.29, 0.717) is 58.3 Å². The van der Waals surface area contributed by atoms with Crippen LogP contribution < -0.4 is 5.73 Å². The number of carboxylic acids is 1. The fourth-order valence-corrected chi connectivity index (χ4v) is 4.85. The number of carbonyl (C=O) groups excluding carboxylic acids is 3. The smallest absolute Gasteiger partial charge is 0.303 e. The standard InChI is InChI=1S/C24H46O3.C14H28O4.C3H6O.C2H4O.2C2H6.CH5N.CH2O/c1-23(25)21-19-17-15-13-11-9-7-5-3-2-4-6-8-10-12-14-16-18-20-22-24(26)27;1-4-6-15-9-10-16-7-5-8-17-11-12-18-13-14(2)3;1-2-3-4;1-2-3;4*1-2/h2-22H2,1H3,(H,26,27);2,4-13H2,1,3H3;3H,2H2,1H3;2-3H,1H2;2*1-2H3;2H2,1H3;1H2. The van der Waals surface area contributed by atoms with Crippen LogP contribution in [0.4, 0.5) is 0 Å². The summed E-state index contributed by atoms with van der Waals surface area (Å²) >= 11 is 0. The maximum absolute atomic E-state index is 10.8. The topological polar surface area (TPSA) is 172 Å². The fourth-order valence-electron chi connectivity index (χ4n) is 4.85. The maximum atomic E-state index is 10.8. The lowest BCUT2D eigenvalue weighted by atomic mass is 10.0. The van der Waals surface area contributed by atoms with E-state index in [2.05, 4.69) is 25.8 Å². The first kappa shape index (κ1) is 75.0. The molecule has 0 heterocycles. The molecule has 60 heavy (non-hydrogen) atoms. The zero-order valence-corrected chi connectivity index (χ0v) is 41.1. The van der Waals surface area contributed by atoms with Crippen molar-refractivity contribution in [2.45, 2.75) is 209 Å². The van der Waals surface area contributed by atoms with Gasteiger partial charge >= 0.3 is 5.97 Å². The second kappa shape index (κ2) is 87.9. The van der Waals surface area contributed by atoms with Crippen LogP contribution in [-0.2, 0) is 38.1 Å². The monoisotopic (exact) mass is 866 g/mol. The van der Waals surface area contributed by atoms with E-state index in [9.17, 15) is 14.4 Å². The third-order valence-corrected chi connectivity index (χ3v) is 7.60. The number of carbonyl (C=O) groups is 4. The first-order chi connectivity index (χ1) is 29.2. The Kier molecular flexibility index (Phi) is 110. The molecule has 11 nitrogen and oxygen atoms in total. The van der Waals surface area contributed by atoms with Crippen LogP contribution in [0.2, 0.25) is 0 Å². The lowest BCUT2D eigenvalue weighted by Crippen LogP contribution is -2.09. The largest absolute Gasteiger partial charge is 0.516 e. The van der Waals surface area contributed by atoms with Gasteiger partial charge < -0.3 is 49.3 Å². The summed E-state index contributed by atoms with van der Waals surface area (Å²) in [5.41, 5.74) is 5.54. The SMILES string of the molecule is C=C(C)COCCOCCCOCCOCCC.C=CO.C=O.CC.CC.CC(=O)CCCCCCCCCCCCCCCCCCCCCC(=O)O.CCC=O.CN. The third kappa shape index (κ3) is 117. The van der Waals surface area contributed by atoms with Crippen LogP contribution in [0.15, 0.2) is 25.0 Å². The third-order valence-electron chi connectivity index (χ3n) is 7.60. The van der Waals surface area contributed by atoms with Gasteiger partial charge in [-0.1, -0.05) is 169 Å². The molecular formula is C49H103NO10. The van der Waals surface area contributed by atoms with Crippen molar-refractivity contribution in [1.29, 1.82) is 0 Å². The van der Waals surface area contributed by atoms with E-state index in [1.54, 1.807) is 6.92 Å². The molecule has 11 heteroatoms. The summed E-state index contributed by atoms with van der Waals surface area (Å²) in [5, 5.41) is 15.9. The number of aliphatic hydroxyl groups excluding tert-OH is 1. The van der Waals surface area contributed by atoms with Crippen molar-refractivity contribution in [3.05, 3.63) is 25.0 Å². The van der Waals surface area contributed by atoms with Crippen molar-refractivity contribution < 1.29 is 48.3 Å². The molecule has 0 aromatic heterocycles. The maximum Gasteiger partial charge on any atom is 0.303 e. The van der Waals surface area contributed by atoms with Gasteiger partial charge in [-0.2, -0.15) is 0 Å². The zero-order chi connectivity index (χ0) is 47.6. The Morgan fingerprint density at radius 2 is 0.800 bits per heavy atom.